The normalized spacial score (nSPS) is 10.2. The highest BCUT2D eigenvalue weighted by atomic mass is 16.5. The lowest BCUT2D eigenvalue weighted by Crippen LogP contribution is -2.21. The third-order valence-electron chi connectivity index (χ3n) is 4.16. The molecule has 144 valence electrons. The van der Waals surface area contributed by atoms with Crippen molar-refractivity contribution in [3.8, 4) is 11.5 Å². The van der Waals surface area contributed by atoms with E-state index in [-0.39, 0.29) is 12.5 Å². The molecule has 0 unspecified atom stereocenters. The number of methoxy groups -OCH3 is 1. The molecular formula is C23H24N2O3. The van der Waals surface area contributed by atoms with Gasteiger partial charge in [-0.2, -0.15) is 0 Å². The van der Waals surface area contributed by atoms with Gasteiger partial charge in [-0.1, -0.05) is 36.4 Å². The number of hydrogen-bond acceptors (Lipinski definition) is 4. The van der Waals surface area contributed by atoms with Gasteiger partial charge in [0.25, 0.3) is 0 Å². The van der Waals surface area contributed by atoms with E-state index in [1.807, 2.05) is 60.7 Å². The van der Waals surface area contributed by atoms with Gasteiger partial charge in [-0.25, -0.2) is 0 Å². The van der Waals surface area contributed by atoms with Gasteiger partial charge in [0.15, 0.2) is 0 Å². The number of hydrogen-bond donors (Lipinski definition) is 2. The van der Waals surface area contributed by atoms with Gasteiger partial charge < -0.3 is 20.1 Å². The minimum atomic E-state index is -0.128. The molecule has 2 N–H and O–H groups in total. The Bertz CT molecular complexity index is 880. The van der Waals surface area contributed by atoms with Crippen molar-refractivity contribution < 1.29 is 14.3 Å². The molecule has 0 spiro atoms. The first-order valence-corrected chi connectivity index (χ1v) is 9.17. The Kier molecular flexibility index (Phi) is 6.90. The van der Waals surface area contributed by atoms with E-state index in [9.17, 15) is 4.79 Å². The molecule has 5 nitrogen and oxygen atoms in total. The highest BCUT2D eigenvalue weighted by Gasteiger charge is 2.04. The van der Waals surface area contributed by atoms with Crippen molar-refractivity contribution in [2.75, 3.05) is 30.9 Å². The van der Waals surface area contributed by atoms with Crippen LogP contribution in [0.15, 0.2) is 78.9 Å². The zero-order valence-corrected chi connectivity index (χ0v) is 15.9. The minimum Gasteiger partial charge on any atom is -0.497 e. The predicted octanol–water partition coefficient (Wildman–Crippen LogP) is 4.37. The number of carbonyl (C=O) groups is 1. The fourth-order valence-electron chi connectivity index (χ4n) is 2.69. The number of carbonyl (C=O) groups excluding carboxylic acids is 1. The van der Waals surface area contributed by atoms with E-state index in [1.54, 1.807) is 13.2 Å². The van der Waals surface area contributed by atoms with E-state index in [0.29, 0.717) is 18.0 Å². The van der Waals surface area contributed by atoms with Crippen LogP contribution in [0.2, 0.25) is 0 Å². The number of nitrogens with one attached hydrogen (secondary N) is 2. The highest BCUT2D eigenvalue weighted by molar-refractivity contribution is 5.93. The first-order chi connectivity index (χ1) is 13.7. The molecule has 0 saturated heterocycles. The molecule has 0 aliphatic heterocycles. The van der Waals surface area contributed by atoms with Crippen molar-refractivity contribution in [1.29, 1.82) is 0 Å². The summed E-state index contributed by atoms with van der Waals surface area (Å²) < 4.78 is 10.9. The summed E-state index contributed by atoms with van der Waals surface area (Å²) in [6, 6.07) is 25.1. The third kappa shape index (κ3) is 6.06. The Morgan fingerprint density at radius 2 is 1.64 bits per heavy atom. The molecular weight excluding hydrogens is 352 g/mol. The molecule has 0 radical (unpaired) electrons. The van der Waals surface area contributed by atoms with Gasteiger partial charge in [0.05, 0.1) is 20.3 Å². The molecule has 0 atom stereocenters. The maximum absolute atomic E-state index is 12.1. The van der Waals surface area contributed by atoms with Crippen LogP contribution in [0, 0.1) is 0 Å². The van der Waals surface area contributed by atoms with E-state index >= 15 is 0 Å². The van der Waals surface area contributed by atoms with Crippen LogP contribution in [0.4, 0.5) is 11.4 Å². The average Bonchev–Trinajstić information content (AvgIpc) is 2.74. The summed E-state index contributed by atoms with van der Waals surface area (Å²) in [4.78, 5) is 12.1. The summed E-state index contributed by atoms with van der Waals surface area (Å²) in [5.74, 6) is 1.38. The summed E-state index contributed by atoms with van der Waals surface area (Å²) in [6.45, 7) is 0.797. The number of anilines is 2. The lowest BCUT2D eigenvalue weighted by atomic mass is 10.2. The van der Waals surface area contributed by atoms with Crippen LogP contribution in [-0.2, 0) is 11.2 Å². The highest BCUT2D eigenvalue weighted by Crippen LogP contribution is 2.18. The van der Waals surface area contributed by atoms with Gasteiger partial charge in [-0.05, 0) is 42.0 Å². The van der Waals surface area contributed by atoms with E-state index in [2.05, 4.69) is 22.8 Å². The van der Waals surface area contributed by atoms with Crippen LogP contribution in [-0.4, -0.2) is 26.2 Å². The van der Waals surface area contributed by atoms with Gasteiger partial charge >= 0.3 is 0 Å². The Balaban J connectivity index is 1.41. The summed E-state index contributed by atoms with van der Waals surface area (Å²) in [6.07, 6.45) is 0.866. The molecule has 0 bridgehead atoms. The molecule has 0 saturated carbocycles. The maximum Gasteiger partial charge on any atom is 0.243 e. The lowest BCUT2D eigenvalue weighted by Gasteiger charge is -2.10. The number of ether oxygens (including phenoxy) is 2. The van der Waals surface area contributed by atoms with Gasteiger partial charge in [0.2, 0.25) is 5.91 Å². The van der Waals surface area contributed by atoms with Gasteiger partial charge in [-0.15, -0.1) is 0 Å². The fourth-order valence-corrected chi connectivity index (χ4v) is 2.69. The van der Waals surface area contributed by atoms with E-state index < -0.39 is 0 Å². The Morgan fingerprint density at radius 1 is 0.857 bits per heavy atom. The molecule has 0 aliphatic carbocycles. The van der Waals surface area contributed by atoms with Crippen molar-refractivity contribution >= 4 is 17.3 Å². The zero-order valence-electron chi connectivity index (χ0n) is 15.9. The molecule has 0 fully saturated rings. The Morgan fingerprint density at radius 3 is 2.39 bits per heavy atom. The second-order valence-electron chi connectivity index (χ2n) is 6.24. The standard InChI is InChI=1S/C23H24N2O3/c1-27-22-9-5-8-20(16-22)25-23(26)17-24-19-10-12-21(13-11-19)28-15-14-18-6-3-2-4-7-18/h2-13,16,24H,14-15,17H2,1H3,(H,25,26). The lowest BCUT2D eigenvalue weighted by molar-refractivity contribution is -0.114. The predicted molar refractivity (Wildman–Crippen MR) is 112 cm³/mol. The van der Waals surface area contributed by atoms with Crippen LogP contribution in [0.25, 0.3) is 0 Å². The quantitative estimate of drug-likeness (QED) is 0.582. The summed E-state index contributed by atoms with van der Waals surface area (Å²) in [5.41, 5.74) is 2.81. The Hall–Kier alpha value is -3.47. The SMILES string of the molecule is COc1cccc(NC(=O)CNc2ccc(OCCc3ccccc3)cc2)c1. The summed E-state index contributed by atoms with van der Waals surface area (Å²) >= 11 is 0. The Labute approximate surface area is 165 Å². The van der Waals surface area contributed by atoms with Crippen LogP contribution in [0.3, 0.4) is 0 Å². The van der Waals surface area contributed by atoms with Crippen LogP contribution in [0.5, 0.6) is 11.5 Å². The molecule has 5 heteroatoms. The molecule has 3 aromatic carbocycles. The third-order valence-corrected chi connectivity index (χ3v) is 4.16. The maximum atomic E-state index is 12.1. The largest absolute Gasteiger partial charge is 0.497 e. The van der Waals surface area contributed by atoms with Crippen molar-refractivity contribution in [2.24, 2.45) is 0 Å². The summed E-state index contributed by atoms with van der Waals surface area (Å²) in [5, 5.41) is 5.94. The average molecular weight is 376 g/mol. The van der Waals surface area contributed by atoms with Crippen LogP contribution < -0.4 is 20.1 Å². The smallest absolute Gasteiger partial charge is 0.243 e. The van der Waals surface area contributed by atoms with Crippen LogP contribution >= 0.6 is 0 Å². The van der Waals surface area contributed by atoms with E-state index in [1.165, 1.54) is 5.56 Å². The molecule has 3 rings (SSSR count). The fraction of sp³-hybridized carbons (Fsp3) is 0.174. The number of benzene rings is 3. The molecule has 0 aliphatic rings. The van der Waals surface area contributed by atoms with Gasteiger partial charge in [0.1, 0.15) is 11.5 Å². The van der Waals surface area contributed by atoms with Crippen molar-refractivity contribution in [3.63, 3.8) is 0 Å². The molecule has 1 amide bonds. The minimum absolute atomic E-state index is 0.128. The second-order valence-corrected chi connectivity index (χ2v) is 6.24. The summed E-state index contributed by atoms with van der Waals surface area (Å²) in [7, 11) is 1.59. The topological polar surface area (TPSA) is 59.6 Å². The second kappa shape index (κ2) is 10.0. The first kappa shape index (κ1) is 19.3. The number of amides is 1. The van der Waals surface area contributed by atoms with Gasteiger partial charge in [-0.3, -0.25) is 4.79 Å². The zero-order chi connectivity index (χ0) is 19.6. The van der Waals surface area contributed by atoms with Gasteiger partial charge in [0, 0.05) is 23.9 Å². The monoisotopic (exact) mass is 376 g/mol. The van der Waals surface area contributed by atoms with E-state index in [0.717, 1.165) is 17.9 Å². The van der Waals surface area contributed by atoms with E-state index in [4.69, 9.17) is 9.47 Å². The van der Waals surface area contributed by atoms with Crippen molar-refractivity contribution in [2.45, 2.75) is 6.42 Å². The number of rotatable bonds is 9. The van der Waals surface area contributed by atoms with Crippen molar-refractivity contribution in [1.82, 2.24) is 0 Å². The van der Waals surface area contributed by atoms with Crippen LogP contribution in [0.1, 0.15) is 5.56 Å². The van der Waals surface area contributed by atoms with Crippen molar-refractivity contribution in [3.05, 3.63) is 84.4 Å². The molecule has 0 aromatic heterocycles. The molecule has 28 heavy (non-hydrogen) atoms. The molecule has 3 aromatic rings. The molecule has 0 heterocycles. The first-order valence-electron chi connectivity index (χ1n) is 9.17.